The van der Waals surface area contributed by atoms with Gasteiger partial charge in [-0.25, -0.2) is 13.1 Å². The van der Waals surface area contributed by atoms with E-state index in [9.17, 15) is 8.42 Å². The van der Waals surface area contributed by atoms with Gasteiger partial charge in [-0.05, 0) is 43.3 Å². The molecule has 10 heteroatoms. The zero-order valence-corrected chi connectivity index (χ0v) is 21.7. The van der Waals surface area contributed by atoms with Gasteiger partial charge in [0.25, 0.3) is 0 Å². The van der Waals surface area contributed by atoms with E-state index in [4.69, 9.17) is 9.47 Å². The Kier molecular flexibility index (Phi) is 10.2. The molecule has 1 aliphatic rings. The number of guanidine groups is 1. The van der Waals surface area contributed by atoms with Gasteiger partial charge in [-0.1, -0.05) is 24.3 Å². The van der Waals surface area contributed by atoms with Crippen LogP contribution >= 0.6 is 24.0 Å². The van der Waals surface area contributed by atoms with E-state index >= 15 is 0 Å². The number of hydrogen-bond acceptors (Lipinski definition) is 5. The third-order valence-corrected chi connectivity index (χ3v) is 6.47. The molecule has 0 amide bonds. The van der Waals surface area contributed by atoms with E-state index < -0.39 is 10.0 Å². The Hall–Kier alpha value is -1.89. The van der Waals surface area contributed by atoms with Crippen LogP contribution in [0.3, 0.4) is 0 Å². The Morgan fingerprint density at radius 2 is 1.88 bits per heavy atom. The van der Waals surface area contributed by atoms with Crippen LogP contribution in [0.4, 0.5) is 0 Å². The Labute approximate surface area is 207 Å². The third kappa shape index (κ3) is 7.32. The van der Waals surface area contributed by atoms with Crippen LogP contribution in [0.25, 0.3) is 0 Å². The normalized spacial score (nSPS) is 16.3. The maximum atomic E-state index is 11.8. The van der Waals surface area contributed by atoms with Crippen molar-refractivity contribution in [3.63, 3.8) is 0 Å². The zero-order valence-electron chi connectivity index (χ0n) is 18.6. The maximum absolute atomic E-state index is 11.8. The number of nitrogens with zero attached hydrogens (tertiary/aromatic N) is 1. The Bertz CT molecular complexity index is 1010. The molecular formula is C22H31IN4O4S. The molecule has 0 aromatic heterocycles. The van der Waals surface area contributed by atoms with Gasteiger partial charge < -0.3 is 20.1 Å². The van der Waals surface area contributed by atoms with Crippen LogP contribution in [0, 0.1) is 6.92 Å². The van der Waals surface area contributed by atoms with Gasteiger partial charge >= 0.3 is 0 Å². The predicted octanol–water partition coefficient (Wildman–Crippen LogP) is 2.55. The summed E-state index contributed by atoms with van der Waals surface area (Å²) >= 11 is 0. The molecule has 3 N–H and O–H groups in total. The number of hydrogen-bond donors (Lipinski definition) is 3. The second-order valence-electron chi connectivity index (χ2n) is 7.35. The second kappa shape index (κ2) is 12.4. The van der Waals surface area contributed by atoms with E-state index in [1.807, 2.05) is 13.0 Å². The van der Waals surface area contributed by atoms with Crippen LogP contribution < -0.4 is 20.1 Å². The summed E-state index contributed by atoms with van der Waals surface area (Å²) < 4.78 is 37.5. The second-order valence-corrected chi connectivity index (χ2v) is 9.23. The van der Waals surface area contributed by atoms with E-state index in [1.54, 1.807) is 31.3 Å². The van der Waals surface area contributed by atoms with Gasteiger partial charge in [0.2, 0.25) is 10.0 Å². The Balaban J connectivity index is 0.00000363. The Morgan fingerprint density at radius 3 is 2.50 bits per heavy atom. The lowest BCUT2D eigenvalue weighted by Crippen LogP contribution is -2.36. The van der Waals surface area contributed by atoms with Crippen molar-refractivity contribution >= 4 is 40.0 Å². The van der Waals surface area contributed by atoms with E-state index in [0.717, 1.165) is 35.5 Å². The lowest BCUT2D eigenvalue weighted by molar-refractivity contribution is 0.140. The molecule has 1 atom stereocenters. The highest BCUT2D eigenvalue weighted by Crippen LogP contribution is 2.23. The summed E-state index contributed by atoms with van der Waals surface area (Å²) in [5, 5.41) is 6.55. The standard InChI is InChI=1S/C22H30N4O4S.HI/c1-16-4-7-18(21(12-16)30-19-10-11-29-15-19)14-26-22(23-2)25-13-17-5-8-20(9-6-17)31(27,28)24-3;/h4-9,12,19,24H,10-11,13-15H2,1-3H3,(H2,23,25,26);1H. The van der Waals surface area contributed by atoms with Crippen molar-refractivity contribution in [3.8, 4) is 5.75 Å². The molecule has 0 aliphatic carbocycles. The minimum Gasteiger partial charge on any atom is -0.488 e. The molecule has 2 aromatic carbocycles. The first kappa shape index (κ1) is 26.4. The molecule has 0 bridgehead atoms. The van der Waals surface area contributed by atoms with Gasteiger partial charge in [-0.3, -0.25) is 4.99 Å². The third-order valence-electron chi connectivity index (χ3n) is 5.04. The molecular weight excluding hydrogens is 543 g/mol. The first-order valence-corrected chi connectivity index (χ1v) is 11.7. The highest BCUT2D eigenvalue weighted by molar-refractivity contribution is 14.0. The molecule has 8 nitrogen and oxygen atoms in total. The van der Waals surface area contributed by atoms with Crippen LogP contribution in [0.1, 0.15) is 23.1 Å². The SMILES string of the molecule is CN=C(NCc1ccc(S(=O)(=O)NC)cc1)NCc1ccc(C)cc1OC1CCOC1.I. The summed E-state index contributed by atoms with van der Waals surface area (Å²) in [7, 11) is -0.328. The first-order chi connectivity index (χ1) is 14.9. The average Bonchev–Trinajstić information content (AvgIpc) is 3.28. The molecule has 1 saturated heterocycles. The van der Waals surface area contributed by atoms with E-state index in [1.165, 1.54) is 7.05 Å². The molecule has 0 radical (unpaired) electrons. The summed E-state index contributed by atoms with van der Waals surface area (Å²) in [4.78, 5) is 4.50. The van der Waals surface area contributed by atoms with Gasteiger partial charge in [0.15, 0.2) is 5.96 Å². The fourth-order valence-corrected chi connectivity index (χ4v) is 3.92. The molecule has 32 heavy (non-hydrogen) atoms. The fourth-order valence-electron chi connectivity index (χ4n) is 3.19. The van der Waals surface area contributed by atoms with Crippen LogP contribution in [0.15, 0.2) is 52.4 Å². The summed E-state index contributed by atoms with van der Waals surface area (Å²) in [6.45, 7) is 4.47. The summed E-state index contributed by atoms with van der Waals surface area (Å²) in [6, 6.07) is 12.9. The van der Waals surface area contributed by atoms with Crippen LogP contribution in [0.5, 0.6) is 5.75 Å². The van der Waals surface area contributed by atoms with Crippen molar-refractivity contribution in [2.24, 2.45) is 4.99 Å². The molecule has 1 heterocycles. The van der Waals surface area contributed by atoms with Gasteiger partial charge in [0, 0.05) is 32.1 Å². The minimum atomic E-state index is -3.43. The minimum absolute atomic E-state index is 0. The van der Waals surface area contributed by atoms with Crippen LogP contribution in [-0.4, -0.2) is 47.8 Å². The fraction of sp³-hybridized carbons (Fsp3) is 0.409. The van der Waals surface area contributed by atoms with Crippen LogP contribution in [0.2, 0.25) is 0 Å². The van der Waals surface area contributed by atoms with Crippen molar-refractivity contribution in [3.05, 3.63) is 59.2 Å². The quantitative estimate of drug-likeness (QED) is 0.255. The van der Waals surface area contributed by atoms with Crippen molar-refractivity contribution < 1.29 is 17.9 Å². The number of aliphatic imine (C=N–C) groups is 1. The number of aryl methyl sites for hydroxylation is 1. The highest BCUT2D eigenvalue weighted by Gasteiger charge is 2.19. The first-order valence-electron chi connectivity index (χ1n) is 10.2. The van der Waals surface area contributed by atoms with Crippen molar-refractivity contribution in [2.45, 2.75) is 37.4 Å². The molecule has 0 saturated carbocycles. The molecule has 2 aromatic rings. The number of nitrogens with one attached hydrogen (secondary N) is 3. The molecule has 1 unspecified atom stereocenters. The van der Waals surface area contributed by atoms with Crippen molar-refractivity contribution in [1.29, 1.82) is 0 Å². The van der Waals surface area contributed by atoms with Gasteiger partial charge in [-0.15, -0.1) is 24.0 Å². The number of benzene rings is 2. The molecule has 1 aliphatic heterocycles. The van der Waals surface area contributed by atoms with E-state index in [-0.39, 0.29) is 35.0 Å². The molecule has 0 spiro atoms. The lowest BCUT2D eigenvalue weighted by atomic mass is 10.1. The number of ether oxygens (including phenoxy) is 2. The summed E-state index contributed by atoms with van der Waals surface area (Å²) in [5.41, 5.74) is 3.13. The topological polar surface area (TPSA) is 101 Å². The predicted molar refractivity (Wildman–Crippen MR) is 136 cm³/mol. The number of sulfonamides is 1. The maximum Gasteiger partial charge on any atom is 0.240 e. The molecule has 176 valence electrons. The highest BCUT2D eigenvalue weighted by atomic mass is 127. The zero-order chi connectivity index (χ0) is 22.3. The lowest BCUT2D eigenvalue weighted by Gasteiger charge is -2.18. The number of halogens is 1. The summed E-state index contributed by atoms with van der Waals surface area (Å²) in [5.74, 6) is 1.50. The van der Waals surface area contributed by atoms with E-state index in [0.29, 0.717) is 25.7 Å². The number of rotatable bonds is 8. The molecule has 3 rings (SSSR count). The smallest absolute Gasteiger partial charge is 0.240 e. The van der Waals surface area contributed by atoms with Crippen molar-refractivity contribution in [2.75, 3.05) is 27.3 Å². The van der Waals surface area contributed by atoms with Gasteiger partial charge in [0.1, 0.15) is 11.9 Å². The van der Waals surface area contributed by atoms with Crippen molar-refractivity contribution in [1.82, 2.24) is 15.4 Å². The van der Waals surface area contributed by atoms with Crippen LogP contribution in [-0.2, 0) is 27.8 Å². The largest absolute Gasteiger partial charge is 0.488 e. The average molecular weight is 574 g/mol. The Morgan fingerprint density at radius 1 is 1.16 bits per heavy atom. The van der Waals surface area contributed by atoms with E-state index in [2.05, 4.69) is 32.5 Å². The summed E-state index contributed by atoms with van der Waals surface area (Å²) in [6.07, 6.45) is 0.992. The van der Waals surface area contributed by atoms with Gasteiger partial charge in [-0.2, -0.15) is 0 Å². The monoisotopic (exact) mass is 574 g/mol. The molecule has 1 fully saturated rings. The van der Waals surface area contributed by atoms with Gasteiger partial charge in [0.05, 0.1) is 18.1 Å².